The molecule has 0 saturated heterocycles. The van der Waals surface area contributed by atoms with Gasteiger partial charge in [0.05, 0.1) is 11.0 Å². The van der Waals surface area contributed by atoms with Crippen molar-refractivity contribution in [2.24, 2.45) is 0 Å². The van der Waals surface area contributed by atoms with Crippen LogP contribution in [-0.4, -0.2) is 19.5 Å². The van der Waals surface area contributed by atoms with Crippen LogP contribution in [0.25, 0.3) is 92.2 Å². The fourth-order valence-corrected chi connectivity index (χ4v) is 8.39. The minimum absolute atomic E-state index is 0.605. The van der Waals surface area contributed by atoms with Gasteiger partial charge in [-0.2, -0.15) is 9.97 Å². The number of hydrogen-bond acceptors (Lipinski definition) is 4. The molecule has 0 amide bonds. The Morgan fingerprint density at radius 1 is 0.413 bits per heavy atom. The molecule has 214 valence electrons. The van der Waals surface area contributed by atoms with Gasteiger partial charge in [0, 0.05) is 52.8 Å². The summed E-state index contributed by atoms with van der Waals surface area (Å²) < 4.78 is 4.89. The second kappa shape index (κ2) is 9.80. The Kier molecular flexibility index (Phi) is 5.41. The molecule has 0 saturated carbocycles. The largest absolute Gasteiger partial charge is 0.277 e. The molecule has 3 aromatic heterocycles. The molecule has 7 aromatic carbocycles. The van der Waals surface area contributed by atoms with E-state index in [0.717, 1.165) is 22.2 Å². The highest BCUT2D eigenvalue weighted by atomic mass is 32.1. The van der Waals surface area contributed by atoms with Crippen molar-refractivity contribution in [2.45, 2.75) is 0 Å². The van der Waals surface area contributed by atoms with Crippen LogP contribution in [0.2, 0.25) is 0 Å². The number of fused-ring (bicyclic) bond motifs is 12. The van der Waals surface area contributed by atoms with E-state index in [1.807, 2.05) is 47.7 Å². The molecule has 3 heterocycles. The number of hydrogen-bond donors (Lipinski definition) is 0. The summed E-state index contributed by atoms with van der Waals surface area (Å²) in [5.41, 5.74) is 4.08. The standard InChI is InChI=1S/C41H24N4S/c1-3-14-26(15-4-1)39-42-40(27-16-5-2-6-17-27)44-41(43-39)45-33-22-12-11-21-31(33)34-35-32-24-23-25-13-7-8-18-28(25)37(32)46-38(35)30-20-10-9-19-29(30)36(34)45/h1-24H. The van der Waals surface area contributed by atoms with E-state index in [0.29, 0.717) is 17.6 Å². The predicted molar refractivity (Wildman–Crippen MR) is 193 cm³/mol. The van der Waals surface area contributed by atoms with E-state index in [1.165, 1.54) is 52.5 Å². The first kappa shape index (κ1) is 25.4. The summed E-state index contributed by atoms with van der Waals surface area (Å²) in [6.45, 7) is 0. The van der Waals surface area contributed by atoms with Gasteiger partial charge in [0.1, 0.15) is 0 Å². The maximum atomic E-state index is 5.19. The Morgan fingerprint density at radius 2 is 1.00 bits per heavy atom. The molecule has 0 radical (unpaired) electrons. The van der Waals surface area contributed by atoms with Gasteiger partial charge in [-0.05, 0) is 16.8 Å². The number of nitrogens with zero attached hydrogens (tertiary/aromatic N) is 4. The third-order valence-corrected chi connectivity index (χ3v) is 10.3. The van der Waals surface area contributed by atoms with Crippen LogP contribution in [-0.2, 0) is 0 Å². The zero-order valence-electron chi connectivity index (χ0n) is 24.6. The number of thiophene rings is 1. The molecule has 0 atom stereocenters. The van der Waals surface area contributed by atoms with Crippen LogP contribution in [0.1, 0.15) is 0 Å². The zero-order chi connectivity index (χ0) is 30.2. The molecule has 0 unspecified atom stereocenters. The van der Waals surface area contributed by atoms with E-state index in [9.17, 15) is 0 Å². The fraction of sp³-hybridized carbons (Fsp3) is 0. The number of aromatic nitrogens is 4. The highest BCUT2D eigenvalue weighted by Crippen LogP contribution is 2.49. The smallest absolute Gasteiger partial charge is 0.238 e. The van der Waals surface area contributed by atoms with Crippen molar-refractivity contribution >= 4 is 74.9 Å². The lowest BCUT2D eigenvalue weighted by Gasteiger charge is -2.12. The van der Waals surface area contributed by atoms with Crippen LogP contribution in [0.4, 0.5) is 0 Å². The van der Waals surface area contributed by atoms with E-state index >= 15 is 0 Å². The van der Waals surface area contributed by atoms with Crippen molar-refractivity contribution in [1.82, 2.24) is 19.5 Å². The van der Waals surface area contributed by atoms with Gasteiger partial charge in [0.15, 0.2) is 11.6 Å². The SMILES string of the molecule is c1ccc(-c2nc(-c3ccccc3)nc(-n3c4ccccc4c4c5c6ccc7ccccc7c6sc5c5ccccc5c43)n2)cc1. The van der Waals surface area contributed by atoms with Gasteiger partial charge in [-0.15, -0.1) is 11.3 Å². The molecular formula is C41H24N4S. The maximum Gasteiger partial charge on any atom is 0.238 e. The first-order chi connectivity index (χ1) is 22.8. The molecule has 0 fully saturated rings. The van der Waals surface area contributed by atoms with Crippen molar-refractivity contribution in [3.63, 3.8) is 0 Å². The normalized spacial score (nSPS) is 11.9. The van der Waals surface area contributed by atoms with Gasteiger partial charge in [0.25, 0.3) is 0 Å². The van der Waals surface area contributed by atoms with E-state index in [1.54, 1.807) is 0 Å². The summed E-state index contributed by atoms with van der Waals surface area (Å²) in [5.74, 6) is 1.90. The summed E-state index contributed by atoms with van der Waals surface area (Å²) in [6, 6.07) is 51.1. The van der Waals surface area contributed by atoms with Gasteiger partial charge in [-0.25, -0.2) is 4.98 Å². The topological polar surface area (TPSA) is 43.6 Å². The summed E-state index contributed by atoms with van der Waals surface area (Å²) in [6.07, 6.45) is 0. The second-order valence-corrected chi connectivity index (χ2v) is 12.6. The average molecular weight is 605 g/mol. The lowest BCUT2D eigenvalue weighted by atomic mass is 9.98. The minimum Gasteiger partial charge on any atom is -0.277 e. The van der Waals surface area contributed by atoms with Gasteiger partial charge >= 0.3 is 0 Å². The highest BCUT2D eigenvalue weighted by molar-refractivity contribution is 7.27. The summed E-state index contributed by atoms with van der Waals surface area (Å²) in [5, 5.41) is 9.95. The Bertz CT molecular complexity index is 2740. The summed E-state index contributed by atoms with van der Waals surface area (Å²) in [4.78, 5) is 15.4. The van der Waals surface area contributed by atoms with Gasteiger partial charge in [0.2, 0.25) is 5.95 Å². The van der Waals surface area contributed by atoms with E-state index < -0.39 is 0 Å². The van der Waals surface area contributed by atoms with Crippen molar-refractivity contribution in [2.75, 3.05) is 0 Å². The van der Waals surface area contributed by atoms with E-state index in [2.05, 4.69) is 114 Å². The van der Waals surface area contributed by atoms with Crippen molar-refractivity contribution in [1.29, 1.82) is 0 Å². The van der Waals surface area contributed by atoms with Crippen molar-refractivity contribution in [3.05, 3.63) is 146 Å². The van der Waals surface area contributed by atoms with Crippen LogP contribution in [0.5, 0.6) is 0 Å². The van der Waals surface area contributed by atoms with Crippen LogP contribution in [0, 0.1) is 0 Å². The Balaban J connectivity index is 1.42. The van der Waals surface area contributed by atoms with Gasteiger partial charge < -0.3 is 0 Å². The Labute approximate surface area is 267 Å². The van der Waals surface area contributed by atoms with Crippen LogP contribution in [0.15, 0.2) is 146 Å². The first-order valence-corrected chi connectivity index (χ1v) is 16.2. The number of rotatable bonds is 3. The third kappa shape index (κ3) is 3.63. The quantitative estimate of drug-likeness (QED) is 0.201. The molecule has 5 heteroatoms. The first-order valence-electron chi connectivity index (χ1n) is 15.4. The number of para-hydroxylation sites is 1. The van der Waals surface area contributed by atoms with Crippen LogP contribution in [0.3, 0.4) is 0 Å². The van der Waals surface area contributed by atoms with Gasteiger partial charge in [-0.3, -0.25) is 4.57 Å². The third-order valence-electron chi connectivity index (χ3n) is 9.02. The lowest BCUT2D eigenvalue weighted by Crippen LogP contribution is -2.06. The molecule has 0 aliphatic heterocycles. The fourth-order valence-electron chi connectivity index (χ4n) is 7.00. The second-order valence-electron chi connectivity index (χ2n) is 11.6. The van der Waals surface area contributed by atoms with Crippen molar-refractivity contribution < 1.29 is 0 Å². The summed E-state index contributed by atoms with van der Waals surface area (Å²) in [7, 11) is 0. The van der Waals surface area contributed by atoms with Gasteiger partial charge in [-0.1, -0.05) is 140 Å². The number of benzene rings is 7. The Hall–Kier alpha value is -5.91. The van der Waals surface area contributed by atoms with E-state index in [4.69, 9.17) is 15.0 Å². The molecule has 46 heavy (non-hydrogen) atoms. The maximum absolute atomic E-state index is 5.19. The molecular weight excluding hydrogens is 581 g/mol. The van der Waals surface area contributed by atoms with E-state index in [-0.39, 0.29) is 0 Å². The molecule has 0 aliphatic carbocycles. The zero-order valence-corrected chi connectivity index (χ0v) is 25.4. The van der Waals surface area contributed by atoms with Crippen LogP contribution >= 0.6 is 11.3 Å². The monoisotopic (exact) mass is 604 g/mol. The molecule has 0 bridgehead atoms. The minimum atomic E-state index is 0.605. The highest BCUT2D eigenvalue weighted by Gasteiger charge is 2.24. The summed E-state index contributed by atoms with van der Waals surface area (Å²) >= 11 is 1.90. The van der Waals surface area contributed by atoms with Crippen LogP contribution < -0.4 is 0 Å². The molecule has 10 aromatic rings. The molecule has 0 spiro atoms. The average Bonchev–Trinajstić information content (AvgIpc) is 3.69. The predicted octanol–water partition coefficient (Wildman–Crippen LogP) is 11.0. The molecule has 4 nitrogen and oxygen atoms in total. The lowest BCUT2D eigenvalue weighted by molar-refractivity contribution is 0.955. The van der Waals surface area contributed by atoms with Crippen molar-refractivity contribution in [3.8, 4) is 28.7 Å². The molecule has 0 N–H and O–H groups in total. The molecule has 0 aliphatic rings. The molecule has 10 rings (SSSR count). The Morgan fingerprint density at radius 3 is 1.72 bits per heavy atom.